The van der Waals surface area contributed by atoms with E-state index >= 15 is 0 Å². The minimum Gasteiger partial charge on any atom is -0.384 e. The summed E-state index contributed by atoms with van der Waals surface area (Å²) in [6.07, 6.45) is 3.37. The zero-order chi connectivity index (χ0) is 14.7. The largest absolute Gasteiger partial charge is 0.384 e. The molecule has 3 rings (SSSR count). The third kappa shape index (κ3) is 3.14. The maximum atomic E-state index is 12.9. The molecule has 0 amide bonds. The summed E-state index contributed by atoms with van der Waals surface area (Å²) in [4.78, 5) is 8.23. The normalized spacial score (nSPS) is 10.3. The first-order valence-electron chi connectivity index (χ1n) is 6.41. The molecule has 0 unspecified atom stereocenters. The van der Waals surface area contributed by atoms with Gasteiger partial charge in [-0.05, 0) is 59.7 Å². The second-order valence-electron chi connectivity index (χ2n) is 4.53. The molecule has 4 nitrogen and oxygen atoms in total. The summed E-state index contributed by atoms with van der Waals surface area (Å²) in [6, 6.07) is 13.6. The second-order valence-corrected chi connectivity index (χ2v) is 4.53. The Labute approximate surface area is 121 Å². The van der Waals surface area contributed by atoms with Crippen LogP contribution in [0.15, 0.2) is 60.9 Å². The number of nitrogens with zero attached hydrogens (tertiary/aromatic N) is 2. The Morgan fingerprint density at radius 3 is 2.24 bits per heavy atom. The number of halogens is 1. The van der Waals surface area contributed by atoms with Crippen LogP contribution in [0, 0.1) is 5.82 Å². The molecule has 5 heteroatoms. The highest BCUT2D eigenvalue weighted by Crippen LogP contribution is 2.23. The SMILES string of the molecule is Nc1cc(-c2ccnc(Nc3ccc(F)cc3)c2)ccn1. The number of nitrogens with one attached hydrogen (secondary N) is 1. The fourth-order valence-corrected chi connectivity index (χ4v) is 1.99. The van der Waals surface area contributed by atoms with Gasteiger partial charge in [-0.25, -0.2) is 14.4 Å². The standard InChI is InChI=1S/C16H13FN4/c17-13-1-3-14(4-2-13)21-16-10-12(6-8-20-16)11-5-7-19-15(18)9-11/h1-10H,(H2,18,19)(H,20,21). The minimum absolute atomic E-state index is 0.269. The van der Waals surface area contributed by atoms with E-state index < -0.39 is 0 Å². The van der Waals surface area contributed by atoms with Gasteiger partial charge in [-0.1, -0.05) is 0 Å². The van der Waals surface area contributed by atoms with E-state index in [0.29, 0.717) is 11.6 Å². The van der Waals surface area contributed by atoms with Crippen molar-refractivity contribution in [3.8, 4) is 11.1 Å². The number of hydrogen-bond donors (Lipinski definition) is 2. The van der Waals surface area contributed by atoms with E-state index in [1.807, 2.05) is 18.2 Å². The quantitative estimate of drug-likeness (QED) is 0.769. The first-order chi connectivity index (χ1) is 10.2. The van der Waals surface area contributed by atoms with Gasteiger partial charge in [0.15, 0.2) is 0 Å². The van der Waals surface area contributed by atoms with Gasteiger partial charge in [0.2, 0.25) is 0 Å². The Kier molecular flexibility index (Phi) is 3.47. The Morgan fingerprint density at radius 2 is 1.52 bits per heavy atom. The number of hydrogen-bond acceptors (Lipinski definition) is 4. The molecule has 2 heterocycles. The van der Waals surface area contributed by atoms with Gasteiger partial charge in [-0.2, -0.15) is 0 Å². The van der Waals surface area contributed by atoms with E-state index in [-0.39, 0.29) is 5.82 Å². The van der Waals surface area contributed by atoms with Crippen molar-refractivity contribution in [3.63, 3.8) is 0 Å². The van der Waals surface area contributed by atoms with Crippen molar-refractivity contribution in [2.45, 2.75) is 0 Å². The number of rotatable bonds is 3. The van der Waals surface area contributed by atoms with Crippen molar-refractivity contribution >= 4 is 17.3 Å². The molecule has 0 radical (unpaired) electrons. The Balaban J connectivity index is 1.88. The summed E-state index contributed by atoms with van der Waals surface area (Å²) in [6.45, 7) is 0. The fourth-order valence-electron chi connectivity index (χ4n) is 1.99. The van der Waals surface area contributed by atoms with Crippen LogP contribution in [0.2, 0.25) is 0 Å². The first-order valence-corrected chi connectivity index (χ1v) is 6.41. The molecule has 2 aromatic heterocycles. The summed E-state index contributed by atoms with van der Waals surface area (Å²) < 4.78 is 12.9. The topological polar surface area (TPSA) is 63.8 Å². The third-order valence-corrected chi connectivity index (χ3v) is 2.99. The number of aromatic nitrogens is 2. The lowest BCUT2D eigenvalue weighted by atomic mass is 10.1. The number of pyridine rings is 2. The van der Waals surface area contributed by atoms with E-state index in [9.17, 15) is 4.39 Å². The molecule has 0 bridgehead atoms. The summed E-state index contributed by atoms with van der Waals surface area (Å²) in [5.41, 5.74) is 8.41. The fraction of sp³-hybridized carbons (Fsp3) is 0. The van der Waals surface area contributed by atoms with E-state index in [0.717, 1.165) is 16.8 Å². The molecule has 1 aromatic carbocycles. The van der Waals surface area contributed by atoms with E-state index in [4.69, 9.17) is 5.73 Å². The minimum atomic E-state index is -0.269. The van der Waals surface area contributed by atoms with Gasteiger partial charge < -0.3 is 11.1 Å². The van der Waals surface area contributed by atoms with Gasteiger partial charge in [0.05, 0.1) is 0 Å². The molecule has 3 aromatic rings. The van der Waals surface area contributed by atoms with Crippen LogP contribution in [0.1, 0.15) is 0 Å². The smallest absolute Gasteiger partial charge is 0.130 e. The highest BCUT2D eigenvalue weighted by Gasteiger charge is 2.02. The number of benzene rings is 1. The molecule has 21 heavy (non-hydrogen) atoms. The van der Waals surface area contributed by atoms with Crippen molar-refractivity contribution in [2.24, 2.45) is 0 Å². The lowest BCUT2D eigenvalue weighted by molar-refractivity contribution is 0.628. The summed E-state index contributed by atoms with van der Waals surface area (Å²) in [5, 5.41) is 3.13. The van der Waals surface area contributed by atoms with Crippen molar-refractivity contribution in [2.75, 3.05) is 11.1 Å². The average molecular weight is 280 g/mol. The molecule has 0 aliphatic heterocycles. The van der Waals surface area contributed by atoms with Gasteiger partial charge in [0.25, 0.3) is 0 Å². The van der Waals surface area contributed by atoms with E-state index in [1.54, 1.807) is 30.6 Å². The van der Waals surface area contributed by atoms with Crippen LogP contribution in [-0.4, -0.2) is 9.97 Å². The molecule has 0 saturated heterocycles. The van der Waals surface area contributed by atoms with Crippen LogP contribution in [0.5, 0.6) is 0 Å². The summed E-state index contributed by atoms with van der Waals surface area (Å²) in [7, 11) is 0. The van der Waals surface area contributed by atoms with Gasteiger partial charge in [-0.3, -0.25) is 0 Å². The first kappa shape index (κ1) is 13.1. The summed E-state index contributed by atoms with van der Waals surface area (Å²) in [5.74, 6) is 0.876. The molecule has 104 valence electrons. The number of nitrogen functional groups attached to an aromatic ring is 1. The lowest BCUT2D eigenvalue weighted by Gasteiger charge is -2.08. The molecule has 0 fully saturated rings. The molecular weight excluding hydrogens is 267 g/mol. The Bertz CT molecular complexity index is 756. The molecule has 0 spiro atoms. The molecule has 0 saturated carbocycles. The third-order valence-electron chi connectivity index (χ3n) is 2.99. The van der Waals surface area contributed by atoms with Crippen molar-refractivity contribution in [1.29, 1.82) is 0 Å². The van der Waals surface area contributed by atoms with Gasteiger partial charge in [0, 0.05) is 18.1 Å². The second kappa shape index (κ2) is 5.58. The zero-order valence-electron chi connectivity index (χ0n) is 11.1. The van der Waals surface area contributed by atoms with Crippen LogP contribution < -0.4 is 11.1 Å². The monoisotopic (exact) mass is 280 g/mol. The van der Waals surface area contributed by atoms with Crippen LogP contribution in [0.4, 0.5) is 21.7 Å². The maximum absolute atomic E-state index is 12.9. The highest BCUT2D eigenvalue weighted by atomic mass is 19.1. The lowest BCUT2D eigenvalue weighted by Crippen LogP contribution is -1.94. The Morgan fingerprint density at radius 1 is 0.857 bits per heavy atom. The van der Waals surface area contributed by atoms with Crippen LogP contribution >= 0.6 is 0 Å². The van der Waals surface area contributed by atoms with Crippen molar-refractivity contribution in [3.05, 3.63) is 66.7 Å². The molecular formula is C16H13FN4. The van der Waals surface area contributed by atoms with Gasteiger partial charge in [0.1, 0.15) is 17.5 Å². The van der Waals surface area contributed by atoms with Crippen molar-refractivity contribution in [1.82, 2.24) is 9.97 Å². The van der Waals surface area contributed by atoms with E-state index in [2.05, 4.69) is 15.3 Å². The Hall–Kier alpha value is -2.95. The molecule has 0 aliphatic rings. The summed E-state index contributed by atoms with van der Waals surface area (Å²) >= 11 is 0. The van der Waals surface area contributed by atoms with Gasteiger partial charge in [-0.15, -0.1) is 0 Å². The predicted molar refractivity (Wildman–Crippen MR) is 81.6 cm³/mol. The zero-order valence-corrected chi connectivity index (χ0v) is 11.1. The van der Waals surface area contributed by atoms with Crippen LogP contribution in [-0.2, 0) is 0 Å². The van der Waals surface area contributed by atoms with Crippen molar-refractivity contribution < 1.29 is 4.39 Å². The van der Waals surface area contributed by atoms with Gasteiger partial charge >= 0.3 is 0 Å². The van der Waals surface area contributed by atoms with Crippen LogP contribution in [0.3, 0.4) is 0 Å². The van der Waals surface area contributed by atoms with Crippen LogP contribution in [0.25, 0.3) is 11.1 Å². The highest BCUT2D eigenvalue weighted by molar-refractivity contribution is 5.69. The molecule has 0 aliphatic carbocycles. The predicted octanol–water partition coefficient (Wildman–Crippen LogP) is 3.61. The maximum Gasteiger partial charge on any atom is 0.130 e. The number of nitrogens with two attached hydrogens (primary N) is 1. The number of anilines is 3. The molecule has 0 atom stereocenters. The average Bonchev–Trinajstić information content (AvgIpc) is 2.50. The van der Waals surface area contributed by atoms with E-state index in [1.165, 1.54) is 12.1 Å². The molecule has 3 N–H and O–H groups in total.